The Kier molecular flexibility index (Phi) is 3.50. The highest BCUT2D eigenvalue weighted by Crippen LogP contribution is 2.36. The van der Waals surface area contributed by atoms with Crippen LogP contribution in [0.25, 0.3) is 0 Å². The Morgan fingerprint density at radius 3 is 2.54 bits per heavy atom. The maximum absolute atomic E-state index is 13.1. The van der Waals surface area contributed by atoms with Crippen molar-refractivity contribution in [3.05, 3.63) is 29.6 Å². The number of hydrogen-bond acceptors (Lipinski definition) is 1. The number of halogens is 3. The summed E-state index contributed by atoms with van der Waals surface area (Å²) in [7, 11) is 1.87. The first-order chi connectivity index (χ1) is 5.91. The molecule has 1 nitrogen and oxygen atoms in total. The fraction of sp³-hybridized carbons (Fsp3) is 0.375. The minimum Gasteiger partial charge on any atom is -0.256 e. The molecule has 3 unspecified atom stereocenters. The van der Waals surface area contributed by atoms with Gasteiger partial charge in [0.2, 0.25) is 4.87 Å². The van der Waals surface area contributed by atoms with Crippen molar-refractivity contribution in [2.24, 2.45) is 0 Å². The zero-order chi connectivity index (χ0) is 10.1. The Morgan fingerprint density at radius 1 is 1.62 bits per heavy atom. The number of aromatic nitrogens is 1. The summed E-state index contributed by atoms with van der Waals surface area (Å²) in [6, 6.07) is 3.23. The van der Waals surface area contributed by atoms with Gasteiger partial charge in [-0.1, -0.05) is 26.9 Å². The van der Waals surface area contributed by atoms with Gasteiger partial charge in [0.1, 0.15) is 0 Å². The van der Waals surface area contributed by atoms with Crippen molar-refractivity contribution in [2.75, 3.05) is 0 Å². The lowest BCUT2D eigenvalue weighted by Crippen LogP contribution is -2.04. The lowest BCUT2D eigenvalue weighted by Gasteiger charge is -2.11. The number of hydrogen-bond donors (Lipinski definition) is 0. The van der Waals surface area contributed by atoms with E-state index in [2.05, 4.69) is 4.98 Å². The monoisotopic (exact) mass is 239 g/mol. The van der Waals surface area contributed by atoms with Crippen LogP contribution in [-0.2, 0) is 4.87 Å². The average Bonchev–Trinajstić information content (AvgIpc) is 2.03. The van der Waals surface area contributed by atoms with Crippen molar-refractivity contribution in [3.8, 4) is 0 Å². The van der Waals surface area contributed by atoms with E-state index in [0.29, 0.717) is 0 Å². The SMILES string of the molecule is CC(Cl)c1ccc(C(F)(P)Cl)nc1. The van der Waals surface area contributed by atoms with Gasteiger partial charge < -0.3 is 0 Å². The van der Waals surface area contributed by atoms with Crippen LogP contribution in [0.4, 0.5) is 4.39 Å². The molecule has 1 heterocycles. The van der Waals surface area contributed by atoms with E-state index in [4.69, 9.17) is 23.2 Å². The molecule has 1 rings (SSSR count). The van der Waals surface area contributed by atoms with Crippen LogP contribution in [-0.4, -0.2) is 4.98 Å². The normalized spacial score (nSPS) is 17.9. The quantitative estimate of drug-likeness (QED) is 0.568. The van der Waals surface area contributed by atoms with E-state index in [1.807, 2.05) is 16.2 Å². The van der Waals surface area contributed by atoms with Crippen LogP contribution in [0, 0.1) is 0 Å². The first-order valence-corrected chi connectivity index (χ1v) is 5.07. The van der Waals surface area contributed by atoms with Crippen molar-refractivity contribution < 1.29 is 4.39 Å². The summed E-state index contributed by atoms with van der Waals surface area (Å²) in [6.07, 6.45) is 1.52. The van der Waals surface area contributed by atoms with E-state index < -0.39 is 4.87 Å². The second-order valence-corrected chi connectivity index (χ2v) is 5.08. The van der Waals surface area contributed by atoms with Gasteiger partial charge in [-0.15, -0.1) is 11.6 Å². The third-order valence-corrected chi connectivity index (χ3v) is 2.33. The second kappa shape index (κ2) is 4.08. The molecule has 0 aliphatic carbocycles. The molecule has 0 bridgehead atoms. The lowest BCUT2D eigenvalue weighted by atomic mass is 10.2. The maximum Gasteiger partial charge on any atom is 0.237 e. The fourth-order valence-electron chi connectivity index (χ4n) is 0.838. The molecule has 0 aliphatic rings. The molecule has 5 heteroatoms. The minimum atomic E-state index is -1.99. The zero-order valence-corrected chi connectivity index (χ0v) is 9.63. The summed E-state index contributed by atoms with van der Waals surface area (Å²) in [4.78, 5) is 1.87. The van der Waals surface area contributed by atoms with Crippen LogP contribution in [0.2, 0.25) is 0 Å². The molecule has 0 aromatic carbocycles. The maximum atomic E-state index is 13.1. The topological polar surface area (TPSA) is 12.9 Å². The van der Waals surface area contributed by atoms with Crippen LogP contribution in [0.15, 0.2) is 18.3 Å². The highest BCUT2D eigenvalue weighted by atomic mass is 35.5. The molecule has 0 N–H and O–H groups in total. The highest BCUT2D eigenvalue weighted by molar-refractivity contribution is 7.21. The molecule has 13 heavy (non-hydrogen) atoms. The van der Waals surface area contributed by atoms with Crippen LogP contribution in [0.5, 0.6) is 0 Å². The van der Waals surface area contributed by atoms with Gasteiger partial charge in [0.25, 0.3) is 0 Å². The van der Waals surface area contributed by atoms with Gasteiger partial charge in [0.15, 0.2) is 0 Å². The van der Waals surface area contributed by atoms with Crippen molar-refractivity contribution in [1.82, 2.24) is 4.98 Å². The lowest BCUT2D eigenvalue weighted by molar-refractivity contribution is 0.405. The summed E-state index contributed by atoms with van der Waals surface area (Å²) >= 11 is 11.2. The molecular formula is C8H9Cl2FNP. The van der Waals surface area contributed by atoms with Gasteiger partial charge in [-0.3, -0.25) is 4.98 Å². The van der Waals surface area contributed by atoms with Gasteiger partial charge >= 0.3 is 0 Å². The van der Waals surface area contributed by atoms with E-state index >= 15 is 0 Å². The molecule has 0 saturated heterocycles. The molecule has 0 aliphatic heterocycles. The molecular weight excluding hydrogens is 231 g/mol. The summed E-state index contributed by atoms with van der Waals surface area (Å²) in [6.45, 7) is 1.82. The third kappa shape index (κ3) is 3.05. The molecule has 1 aromatic rings. The Hall–Kier alpha value is 0.0900. The van der Waals surface area contributed by atoms with Gasteiger partial charge in [-0.2, -0.15) is 0 Å². The van der Waals surface area contributed by atoms with Crippen molar-refractivity contribution in [2.45, 2.75) is 17.2 Å². The van der Waals surface area contributed by atoms with Crippen molar-refractivity contribution >= 4 is 32.4 Å². The fourth-order valence-corrected chi connectivity index (χ4v) is 1.25. The van der Waals surface area contributed by atoms with Crippen LogP contribution >= 0.6 is 32.4 Å². The number of pyridine rings is 1. The summed E-state index contributed by atoms with van der Waals surface area (Å²) < 4.78 is 13.1. The summed E-state index contributed by atoms with van der Waals surface area (Å²) in [5, 5.41) is -0.129. The Morgan fingerprint density at radius 2 is 2.23 bits per heavy atom. The first-order valence-electron chi connectivity index (χ1n) is 3.68. The van der Waals surface area contributed by atoms with Crippen LogP contribution in [0.3, 0.4) is 0 Å². The first kappa shape index (κ1) is 11.2. The van der Waals surface area contributed by atoms with E-state index in [1.165, 1.54) is 12.3 Å². The molecule has 0 amide bonds. The van der Waals surface area contributed by atoms with Gasteiger partial charge in [0.05, 0.1) is 11.1 Å². The van der Waals surface area contributed by atoms with Gasteiger partial charge in [-0.05, 0) is 18.6 Å². The van der Waals surface area contributed by atoms with Gasteiger partial charge in [-0.25, -0.2) is 4.39 Å². The van der Waals surface area contributed by atoms with Crippen LogP contribution < -0.4 is 0 Å². The Bertz CT molecular complexity index is 281. The average molecular weight is 240 g/mol. The highest BCUT2D eigenvalue weighted by Gasteiger charge is 2.23. The number of alkyl halides is 3. The summed E-state index contributed by atoms with van der Waals surface area (Å²) in [5.41, 5.74) is 1.01. The predicted molar refractivity (Wildman–Crippen MR) is 56.9 cm³/mol. The van der Waals surface area contributed by atoms with Gasteiger partial charge in [0, 0.05) is 6.20 Å². The molecule has 72 valence electrons. The second-order valence-electron chi connectivity index (χ2n) is 2.72. The van der Waals surface area contributed by atoms with Crippen molar-refractivity contribution in [3.63, 3.8) is 0 Å². The van der Waals surface area contributed by atoms with Crippen LogP contribution in [0.1, 0.15) is 23.6 Å². The Balaban J connectivity index is 2.94. The predicted octanol–water partition coefficient (Wildman–Crippen LogP) is 3.58. The summed E-state index contributed by atoms with van der Waals surface area (Å²) in [5.74, 6) is 0. The molecule has 0 spiro atoms. The van der Waals surface area contributed by atoms with Crippen molar-refractivity contribution in [1.29, 1.82) is 0 Å². The molecule has 0 radical (unpaired) electrons. The molecule has 0 saturated carbocycles. The van der Waals surface area contributed by atoms with E-state index in [9.17, 15) is 4.39 Å². The minimum absolute atomic E-state index is 0.129. The van der Waals surface area contributed by atoms with E-state index in [1.54, 1.807) is 6.07 Å². The number of rotatable bonds is 2. The molecule has 0 fully saturated rings. The largest absolute Gasteiger partial charge is 0.256 e. The molecule has 1 aromatic heterocycles. The standard InChI is InChI=1S/C8H9Cl2FNP/c1-5(9)6-2-3-7(12-4-6)8(10,11)13/h2-5H,13H2,1H3. The Labute approximate surface area is 88.8 Å². The third-order valence-electron chi connectivity index (χ3n) is 1.59. The van der Waals surface area contributed by atoms with E-state index in [-0.39, 0.29) is 11.1 Å². The smallest absolute Gasteiger partial charge is 0.237 e. The number of nitrogens with zero attached hydrogens (tertiary/aromatic N) is 1. The zero-order valence-electron chi connectivity index (χ0n) is 6.97. The van der Waals surface area contributed by atoms with E-state index in [0.717, 1.165) is 5.56 Å². The molecule has 3 atom stereocenters.